The third-order valence-corrected chi connectivity index (χ3v) is 2.76. The van der Waals surface area contributed by atoms with Gasteiger partial charge < -0.3 is 4.52 Å². The Bertz CT molecular complexity index is 342. The van der Waals surface area contributed by atoms with Crippen LogP contribution in [0, 0.1) is 0 Å². The van der Waals surface area contributed by atoms with Crippen LogP contribution in [0.5, 0.6) is 0 Å². The van der Waals surface area contributed by atoms with E-state index in [-0.39, 0.29) is 5.41 Å². The normalized spacial score (nSPS) is 13.1. The van der Waals surface area contributed by atoms with Crippen LogP contribution in [0.15, 0.2) is 4.52 Å². The van der Waals surface area contributed by atoms with Gasteiger partial charge in [-0.3, -0.25) is 4.90 Å². The van der Waals surface area contributed by atoms with Crippen LogP contribution < -0.4 is 0 Å². The summed E-state index contributed by atoms with van der Waals surface area (Å²) in [6.45, 7) is 15.7. The fraction of sp³-hybridized carbons (Fsp3) is 0.846. The molecular weight excluding hydrogens is 214 g/mol. The van der Waals surface area contributed by atoms with Gasteiger partial charge in [-0.05, 0) is 27.7 Å². The van der Waals surface area contributed by atoms with Crippen molar-refractivity contribution in [2.45, 2.75) is 72.5 Å². The van der Waals surface area contributed by atoms with E-state index in [1.165, 1.54) is 0 Å². The highest BCUT2D eigenvalue weighted by atomic mass is 16.5. The topological polar surface area (TPSA) is 42.2 Å². The van der Waals surface area contributed by atoms with Gasteiger partial charge in [0.2, 0.25) is 5.89 Å². The van der Waals surface area contributed by atoms with Gasteiger partial charge in [0.05, 0.1) is 6.54 Å². The Hall–Kier alpha value is -0.900. The summed E-state index contributed by atoms with van der Waals surface area (Å²) in [5.74, 6) is 1.48. The lowest BCUT2D eigenvalue weighted by Gasteiger charge is -2.28. The van der Waals surface area contributed by atoms with Crippen LogP contribution in [0.25, 0.3) is 0 Å². The first-order valence-electron chi connectivity index (χ1n) is 6.30. The predicted molar refractivity (Wildman–Crippen MR) is 68.8 cm³/mol. The van der Waals surface area contributed by atoms with Crippen molar-refractivity contribution in [3.63, 3.8) is 0 Å². The smallest absolute Gasteiger partial charge is 0.232 e. The average Bonchev–Trinajstić information content (AvgIpc) is 2.60. The van der Waals surface area contributed by atoms with Crippen molar-refractivity contribution in [2.24, 2.45) is 0 Å². The van der Waals surface area contributed by atoms with Crippen molar-refractivity contribution in [3.8, 4) is 0 Å². The molecule has 0 fully saturated rings. The molecule has 17 heavy (non-hydrogen) atoms. The highest BCUT2D eigenvalue weighted by Gasteiger charge is 2.23. The Morgan fingerprint density at radius 3 is 2.00 bits per heavy atom. The van der Waals surface area contributed by atoms with Crippen LogP contribution in [0.4, 0.5) is 0 Å². The molecule has 0 saturated carbocycles. The Balaban J connectivity index is 2.78. The summed E-state index contributed by atoms with van der Waals surface area (Å²) >= 11 is 0. The van der Waals surface area contributed by atoms with Gasteiger partial charge in [-0.25, -0.2) is 0 Å². The van der Waals surface area contributed by atoms with E-state index in [4.69, 9.17) is 4.52 Å². The third-order valence-electron chi connectivity index (χ3n) is 2.76. The number of nitrogens with zero attached hydrogens (tertiary/aromatic N) is 3. The van der Waals surface area contributed by atoms with Crippen LogP contribution in [0.1, 0.15) is 60.2 Å². The maximum Gasteiger partial charge on any atom is 0.232 e. The maximum absolute atomic E-state index is 5.30. The lowest BCUT2D eigenvalue weighted by atomic mass is 9.97. The number of hydrogen-bond donors (Lipinski definition) is 0. The minimum Gasteiger partial charge on any atom is -0.339 e. The Morgan fingerprint density at radius 1 is 1.12 bits per heavy atom. The highest BCUT2D eigenvalue weighted by Crippen LogP contribution is 2.20. The average molecular weight is 239 g/mol. The quantitative estimate of drug-likeness (QED) is 0.810. The van der Waals surface area contributed by atoms with Gasteiger partial charge in [0.15, 0.2) is 5.82 Å². The van der Waals surface area contributed by atoms with Crippen LogP contribution in [0.3, 0.4) is 0 Å². The van der Waals surface area contributed by atoms with E-state index in [1.807, 2.05) is 0 Å². The number of rotatable bonds is 4. The largest absolute Gasteiger partial charge is 0.339 e. The molecule has 0 aliphatic heterocycles. The van der Waals surface area contributed by atoms with Gasteiger partial charge >= 0.3 is 0 Å². The fourth-order valence-corrected chi connectivity index (χ4v) is 1.75. The molecule has 1 aromatic heterocycles. The number of hydrogen-bond acceptors (Lipinski definition) is 4. The maximum atomic E-state index is 5.30. The van der Waals surface area contributed by atoms with Gasteiger partial charge in [0, 0.05) is 17.5 Å². The number of aromatic nitrogens is 2. The zero-order chi connectivity index (χ0) is 13.2. The molecule has 98 valence electrons. The van der Waals surface area contributed by atoms with Crippen LogP contribution in [-0.4, -0.2) is 27.1 Å². The van der Waals surface area contributed by atoms with E-state index in [0.717, 1.165) is 12.4 Å². The fourth-order valence-electron chi connectivity index (χ4n) is 1.75. The minimum atomic E-state index is -0.0776. The van der Waals surface area contributed by atoms with Gasteiger partial charge in [0.25, 0.3) is 0 Å². The molecule has 0 radical (unpaired) electrons. The van der Waals surface area contributed by atoms with Crippen molar-refractivity contribution in [2.75, 3.05) is 0 Å². The Morgan fingerprint density at radius 2 is 1.65 bits per heavy atom. The summed E-state index contributed by atoms with van der Waals surface area (Å²) in [7, 11) is 0. The van der Waals surface area contributed by atoms with Gasteiger partial charge in [-0.1, -0.05) is 25.9 Å². The predicted octanol–water partition coefficient (Wildman–Crippen LogP) is 2.99. The molecule has 1 rings (SSSR count). The molecule has 0 aromatic carbocycles. The molecule has 4 heteroatoms. The molecule has 0 amide bonds. The van der Waals surface area contributed by atoms with Gasteiger partial charge in [-0.2, -0.15) is 4.98 Å². The summed E-state index contributed by atoms with van der Waals surface area (Å²) < 4.78 is 5.30. The summed E-state index contributed by atoms with van der Waals surface area (Å²) in [6.07, 6.45) is 0. The van der Waals surface area contributed by atoms with Crippen molar-refractivity contribution in [1.82, 2.24) is 15.0 Å². The van der Waals surface area contributed by atoms with Crippen LogP contribution >= 0.6 is 0 Å². The molecule has 0 atom stereocenters. The first-order chi connectivity index (χ1) is 7.71. The van der Waals surface area contributed by atoms with Crippen molar-refractivity contribution in [1.29, 1.82) is 0 Å². The monoisotopic (exact) mass is 239 g/mol. The summed E-state index contributed by atoms with van der Waals surface area (Å²) in [4.78, 5) is 6.81. The molecule has 0 spiro atoms. The zero-order valence-corrected chi connectivity index (χ0v) is 12.1. The third kappa shape index (κ3) is 3.80. The highest BCUT2D eigenvalue weighted by molar-refractivity contribution is 4.98. The van der Waals surface area contributed by atoms with Crippen molar-refractivity contribution in [3.05, 3.63) is 11.7 Å². The summed E-state index contributed by atoms with van der Waals surface area (Å²) in [5, 5.41) is 4.06. The lowest BCUT2D eigenvalue weighted by Crippen LogP contribution is -2.36. The molecule has 0 N–H and O–H groups in total. The molecule has 1 heterocycles. The van der Waals surface area contributed by atoms with Crippen LogP contribution in [0.2, 0.25) is 0 Å². The second-order valence-electron chi connectivity index (χ2n) is 6.13. The second-order valence-corrected chi connectivity index (χ2v) is 6.13. The molecule has 0 saturated heterocycles. The first-order valence-corrected chi connectivity index (χ1v) is 6.30. The SMILES string of the molecule is CC(C)N(Cc1noc(C(C)(C)C)n1)C(C)C. The Labute approximate surface area is 104 Å². The molecule has 4 nitrogen and oxygen atoms in total. The minimum absolute atomic E-state index is 0.0776. The van der Waals surface area contributed by atoms with Crippen LogP contribution in [-0.2, 0) is 12.0 Å². The van der Waals surface area contributed by atoms with E-state index >= 15 is 0 Å². The molecule has 1 aromatic rings. The van der Waals surface area contributed by atoms with Gasteiger partial charge in [0.1, 0.15) is 0 Å². The lowest BCUT2D eigenvalue weighted by molar-refractivity contribution is 0.159. The summed E-state index contributed by atoms with van der Waals surface area (Å²) in [6, 6.07) is 0.957. The molecule has 0 aliphatic carbocycles. The second kappa shape index (κ2) is 5.17. The summed E-state index contributed by atoms with van der Waals surface area (Å²) in [5.41, 5.74) is -0.0776. The molecule has 0 unspecified atom stereocenters. The van der Waals surface area contributed by atoms with E-state index < -0.39 is 0 Å². The van der Waals surface area contributed by atoms with E-state index in [2.05, 4.69) is 63.5 Å². The van der Waals surface area contributed by atoms with Gasteiger partial charge in [-0.15, -0.1) is 0 Å². The molecule has 0 bridgehead atoms. The standard InChI is InChI=1S/C13H25N3O/c1-9(2)16(10(3)4)8-11-14-12(17-15-11)13(5,6)7/h9-10H,8H2,1-7H3. The zero-order valence-electron chi connectivity index (χ0n) is 12.1. The van der Waals surface area contributed by atoms with E-state index in [0.29, 0.717) is 18.0 Å². The Kier molecular flexibility index (Phi) is 4.31. The molecular formula is C13H25N3O. The molecule has 0 aliphatic rings. The van der Waals surface area contributed by atoms with Crippen molar-refractivity contribution >= 4 is 0 Å². The van der Waals surface area contributed by atoms with E-state index in [9.17, 15) is 0 Å². The first kappa shape index (κ1) is 14.2. The van der Waals surface area contributed by atoms with E-state index in [1.54, 1.807) is 0 Å². The van der Waals surface area contributed by atoms with Crippen molar-refractivity contribution < 1.29 is 4.52 Å².